The van der Waals surface area contributed by atoms with Crippen LogP contribution in [0.15, 0.2) is 24.3 Å². The zero-order valence-corrected chi connectivity index (χ0v) is 6.40. The SMILES string of the molecule is Cc1cc[c]cc1.F[B-](F)(F)F. The second kappa shape index (κ2) is 4.80. The van der Waals surface area contributed by atoms with E-state index in [4.69, 9.17) is 0 Å². The molecule has 1 radical (unpaired) electrons. The Bertz CT molecular complexity index is 200. The van der Waals surface area contributed by atoms with Gasteiger partial charge < -0.3 is 17.3 Å². The van der Waals surface area contributed by atoms with Gasteiger partial charge in [-0.1, -0.05) is 29.8 Å². The number of hydrogen-bond acceptors (Lipinski definition) is 0. The number of hydrogen-bond donors (Lipinski definition) is 0. The van der Waals surface area contributed by atoms with Crippen molar-refractivity contribution in [1.82, 2.24) is 0 Å². The Morgan fingerprint density at radius 3 is 1.58 bits per heavy atom. The molecule has 5 heteroatoms. The maximum Gasteiger partial charge on any atom is 0.673 e. The van der Waals surface area contributed by atoms with Crippen LogP contribution in [-0.4, -0.2) is 7.25 Å². The average Bonchev–Trinajstić information content (AvgIpc) is 1.85. The fourth-order valence-corrected chi connectivity index (χ4v) is 0.470. The molecule has 67 valence electrons. The molecule has 1 aromatic carbocycles. The highest BCUT2D eigenvalue weighted by Crippen LogP contribution is 2.06. The van der Waals surface area contributed by atoms with Gasteiger partial charge in [-0.15, -0.1) is 0 Å². The lowest BCUT2D eigenvalue weighted by atomic mass is 10.2. The lowest BCUT2D eigenvalue weighted by molar-refractivity contribution is 0.368. The van der Waals surface area contributed by atoms with E-state index in [1.807, 2.05) is 24.3 Å². The van der Waals surface area contributed by atoms with Crippen molar-refractivity contribution in [3.8, 4) is 0 Å². The monoisotopic (exact) mass is 178 g/mol. The van der Waals surface area contributed by atoms with E-state index in [0.717, 1.165) is 0 Å². The van der Waals surface area contributed by atoms with Crippen LogP contribution in [-0.2, 0) is 0 Å². The molecule has 0 saturated carbocycles. The molecule has 1 aromatic rings. The summed E-state index contributed by atoms with van der Waals surface area (Å²) in [7, 11) is -6.00. The van der Waals surface area contributed by atoms with Crippen molar-refractivity contribution in [3.05, 3.63) is 35.9 Å². The molecule has 0 aromatic heterocycles. The number of aryl methyl sites for hydroxylation is 1. The number of rotatable bonds is 0. The molecule has 1 rings (SSSR count). The van der Waals surface area contributed by atoms with Gasteiger partial charge in [0.15, 0.2) is 0 Å². The largest absolute Gasteiger partial charge is 0.673 e. The van der Waals surface area contributed by atoms with Crippen LogP contribution >= 0.6 is 0 Å². The molecule has 0 fully saturated rings. The fourth-order valence-electron chi connectivity index (χ4n) is 0.470. The number of benzene rings is 1. The van der Waals surface area contributed by atoms with Gasteiger partial charge in [0.25, 0.3) is 0 Å². The molecular weight excluding hydrogens is 171 g/mol. The summed E-state index contributed by atoms with van der Waals surface area (Å²) in [4.78, 5) is 0. The molecule has 0 aliphatic rings. The standard InChI is InChI=1S/C7H7.BF4/c1-7-5-3-2-4-6-7;2-1(3,4)5/h3-6H,1H3;/q;-1. The van der Waals surface area contributed by atoms with Crippen LogP contribution in [0.25, 0.3) is 0 Å². The van der Waals surface area contributed by atoms with Gasteiger partial charge in [-0.05, 0) is 13.0 Å². The first-order chi connectivity index (χ1) is 5.39. The third kappa shape index (κ3) is 11.8. The van der Waals surface area contributed by atoms with Crippen LogP contribution < -0.4 is 0 Å². The topological polar surface area (TPSA) is 0 Å². The van der Waals surface area contributed by atoms with Crippen molar-refractivity contribution < 1.29 is 17.3 Å². The Morgan fingerprint density at radius 2 is 1.42 bits per heavy atom. The predicted molar refractivity (Wildman–Crippen MR) is 40.2 cm³/mol. The average molecular weight is 178 g/mol. The molecule has 0 bridgehead atoms. The molecule has 0 heterocycles. The smallest absolute Gasteiger partial charge is 0.418 e. The zero-order chi connectivity index (χ0) is 9.61. The minimum atomic E-state index is -6.00. The Morgan fingerprint density at radius 1 is 1.08 bits per heavy atom. The Labute approximate surface area is 68.3 Å². The summed E-state index contributed by atoms with van der Waals surface area (Å²) in [5, 5.41) is 0. The van der Waals surface area contributed by atoms with E-state index in [1.165, 1.54) is 5.56 Å². The molecule has 0 N–H and O–H groups in total. The van der Waals surface area contributed by atoms with Crippen molar-refractivity contribution in [1.29, 1.82) is 0 Å². The van der Waals surface area contributed by atoms with E-state index >= 15 is 0 Å². The molecule has 0 aliphatic carbocycles. The van der Waals surface area contributed by atoms with Gasteiger partial charge in [0, 0.05) is 0 Å². The summed E-state index contributed by atoms with van der Waals surface area (Å²) in [5.74, 6) is 0. The molecule has 0 unspecified atom stereocenters. The highest BCUT2D eigenvalue weighted by Gasteiger charge is 2.20. The molecule has 12 heavy (non-hydrogen) atoms. The van der Waals surface area contributed by atoms with Gasteiger partial charge >= 0.3 is 7.25 Å². The van der Waals surface area contributed by atoms with E-state index in [2.05, 4.69) is 13.0 Å². The van der Waals surface area contributed by atoms with Crippen molar-refractivity contribution in [2.45, 2.75) is 6.92 Å². The predicted octanol–water partition coefficient (Wildman–Crippen LogP) is 3.10. The molecule has 0 atom stereocenters. The summed E-state index contributed by atoms with van der Waals surface area (Å²) >= 11 is 0. The van der Waals surface area contributed by atoms with E-state index in [1.54, 1.807) is 0 Å². The van der Waals surface area contributed by atoms with Crippen molar-refractivity contribution in [3.63, 3.8) is 0 Å². The maximum atomic E-state index is 9.75. The van der Waals surface area contributed by atoms with Crippen LogP contribution in [0, 0.1) is 13.0 Å². The summed E-state index contributed by atoms with van der Waals surface area (Å²) in [6.45, 7) is 2.06. The van der Waals surface area contributed by atoms with Crippen LogP contribution in [0.4, 0.5) is 17.3 Å². The quantitative estimate of drug-likeness (QED) is 0.422. The van der Waals surface area contributed by atoms with Gasteiger partial charge in [-0.3, -0.25) is 0 Å². The molecule has 0 spiro atoms. The normalized spacial score (nSPS) is 10.1. The fraction of sp³-hybridized carbons (Fsp3) is 0.143. The zero-order valence-electron chi connectivity index (χ0n) is 6.40. The summed E-state index contributed by atoms with van der Waals surface area (Å²) in [5.41, 5.74) is 1.29. The van der Waals surface area contributed by atoms with E-state index < -0.39 is 7.25 Å². The molecule has 0 amide bonds. The first-order valence-electron chi connectivity index (χ1n) is 3.19. The molecular formula is C7H7BF4-. The van der Waals surface area contributed by atoms with E-state index in [9.17, 15) is 17.3 Å². The highest BCUT2D eigenvalue weighted by molar-refractivity contribution is 6.50. The van der Waals surface area contributed by atoms with Gasteiger partial charge in [-0.2, -0.15) is 0 Å². The van der Waals surface area contributed by atoms with E-state index in [-0.39, 0.29) is 0 Å². The van der Waals surface area contributed by atoms with Crippen LogP contribution in [0.5, 0.6) is 0 Å². The van der Waals surface area contributed by atoms with Gasteiger partial charge in [-0.25, -0.2) is 0 Å². The minimum absolute atomic E-state index is 1.29. The highest BCUT2D eigenvalue weighted by atomic mass is 19.5. The molecule has 0 aliphatic heterocycles. The first-order valence-corrected chi connectivity index (χ1v) is 3.19. The van der Waals surface area contributed by atoms with Crippen molar-refractivity contribution in [2.75, 3.05) is 0 Å². The summed E-state index contributed by atoms with van der Waals surface area (Å²) < 4.78 is 39.0. The van der Waals surface area contributed by atoms with Crippen LogP contribution in [0.2, 0.25) is 0 Å². The summed E-state index contributed by atoms with van der Waals surface area (Å²) in [6, 6.07) is 10.8. The lowest BCUT2D eigenvalue weighted by Crippen LogP contribution is -2.02. The second-order valence-electron chi connectivity index (χ2n) is 2.07. The maximum absolute atomic E-state index is 9.75. The van der Waals surface area contributed by atoms with Crippen molar-refractivity contribution >= 4 is 7.25 Å². The van der Waals surface area contributed by atoms with Gasteiger partial charge in [0.05, 0.1) is 0 Å². The second-order valence-corrected chi connectivity index (χ2v) is 2.07. The third-order valence-electron chi connectivity index (χ3n) is 0.885. The number of halogens is 4. The van der Waals surface area contributed by atoms with Gasteiger partial charge in [0.1, 0.15) is 0 Å². The Balaban J connectivity index is 0.000000217. The Hall–Kier alpha value is -0.995. The third-order valence-corrected chi connectivity index (χ3v) is 0.885. The van der Waals surface area contributed by atoms with E-state index in [0.29, 0.717) is 0 Å². The van der Waals surface area contributed by atoms with Crippen LogP contribution in [0.1, 0.15) is 5.56 Å². The minimum Gasteiger partial charge on any atom is -0.418 e. The molecule has 0 nitrogen and oxygen atoms in total. The lowest BCUT2D eigenvalue weighted by Gasteiger charge is -1.94. The molecule has 0 saturated heterocycles. The van der Waals surface area contributed by atoms with Gasteiger partial charge in [0.2, 0.25) is 0 Å². The Kier molecular flexibility index (Phi) is 4.40. The van der Waals surface area contributed by atoms with Crippen molar-refractivity contribution in [2.24, 2.45) is 0 Å². The summed E-state index contributed by atoms with van der Waals surface area (Å²) in [6.07, 6.45) is 0. The first kappa shape index (κ1) is 11.0. The van der Waals surface area contributed by atoms with Crippen LogP contribution in [0.3, 0.4) is 0 Å².